The van der Waals surface area contributed by atoms with E-state index in [4.69, 9.17) is 4.99 Å². The molecule has 1 aliphatic rings. The van der Waals surface area contributed by atoms with E-state index in [1.54, 1.807) is 0 Å². The van der Waals surface area contributed by atoms with Crippen LogP contribution in [0, 0.1) is 0 Å². The van der Waals surface area contributed by atoms with Crippen molar-refractivity contribution in [3.05, 3.63) is 75.8 Å². The van der Waals surface area contributed by atoms with Crippen molar-refractivity contribution in [3.63, 3.8) is 0 Å². The normalized spacial score (nSPS) is 13.2. The van der Waals surface area contributed by atoms with Gasteiger partial charge in [-0.05, 0) is 18.2 Å². The second-order valence-electron chi connectivity index (χ2n) is 6.04. The molecule has 1 aliphatic heterocycles. The average molecular weight is 412 g/mol. The van der Waals surface area contributed by atoms with E-state index in [0.717, 1.165) is 32.8 Å². The van der Waals surface area contributed by atoms with Crippen LogP contribution in [0.25, 0.3) is 5.69 Å². The van der Waals surface area contributed by atoms with Gasteiger partial charge in [-0.3, -0.25) is 9.56 Å². The van der Waals surface area contributed by atoms with Gasteiger partial charge < -0.3 is 5.21 Å². The number of halogens is 1. The summed E-state index contributed by atoms with van der Waals surface area (Å²) in [6.07, 6.45) is 0. The molecular weight excluding hydrogens is 394 g/mol. The SMILES string of the molecule is CCN(O)Cc1nnc2n1-c1cc(Br)ccc1C(c1ccccc1)=NC2. The van der Waals surface area contributed by atoms with Crippen molar-refractivity contribution in [3.8, 4) is 5.69 Å². The van der Waals surface area contributed by atoms with Gasteiger partial charge in [0.05, 0.1) is 17.9 Å². The van der Waals surface area contributed by atoms with Crippen LogP contribution < -0.4 is 0 Å². The summed E-state index contributed by atoms with van der Waals surface area (Å²) in [5.74, 6) is 1.45. The van der Waals surface area contributed by atoms with Gasteiger partial charge in [-0.2, -0.15) is 5.06 Å². The molecule has 7 heteroatoms. The molecule has 0 spiro atoms. The van der Waals surface area contributed by atoms with Gasteiger partial charge in [0.15, 0.2) is 11.6 Å². The van der Waals surface area contributed by atoms with Crippen molar-refractivity contribution in [2.45, 2.75) is 20.0 Å². The molecule has 26 heavy (non-hydrogen) atoms. The largest absolute Gasteiger partial charge is 0.314 e. The van der Waals surface area contributed by atoms with Crippen LogP contribution >= 0.6 is 15.9 Å². The van der Waals surface area contributed by atoms with Crippen LogP contribution in [0.3, 0.4) is 0 Å². The molecule has 0 saturated heterocycles. The molecule has 0 aliphatic carbocycles. The molecule has 6 nitrogen and oxygen atoms in total. The molecule has 0 fully saturated rings. The van der Waals surface area contributed by atoms with E-state index in [9.17, 15) is 5.21 Å². The van der Waals surface area contributed by atoms with Crippen LogP contribution in [-0.2, 0) is 13.1 Å². The van der Waals surface area contributed by atoms with E-state index in [1.807, 2.05) is 41.8 Å². The number of rotatable bonds is 4. The fraction of sp³-hybridized carbons (Fsp3) is 0.211. The highest BCUT2D eigenvalue weighted by atomic mass is 79.9. The molecule has 2 heterocycles. The standard InChI is InChI=1S/C19H18BrN5O/c1-2-24(26)12-18-23-22-17-11-21-19(13-6-4-3-5-7-13)15-9-8-14(20)10-16(15)25(17)18/h3-10,26H,2,11-12H2,1H3. The van der Waals surface area contributed by atoms with Gasteiger partial charge in [-0.25, -0.2) is 0 Å². The summed E-state index contributed by atoms with van der Waals surface area (Å²) in [5.41, 5.74) is 3.97. The first kappa shape index (κ1) is 17.1. The predicted molar refractivity (Wildman–Crippen MR) is 103 cm³/mol. The van der Waals surface area contributed by atoms with E-state index in [2.05, 4.69) is 44.3 Å². The summed E-state index contributed by atoms with van der Waals surface area (Å²) >= 11 is 3.57. The van der Waals surface area contributed by atoms with Gasteiger partial charge in [-0.15, -0.1) is 10.2 Å². The Bertz CT molecular complexity index is 967. The zero-order chi connectivity index (χ0) is 18.1. The van der Waals surface area contributed by atoms with E-state index >= 15 is 0 Å². The lowest BCUT2D eigenvalue weighted by atomic mass is 10.0. The third-order valence-electron chi connectivity index (χ3n) is 4.37. The van der Waals surface area contributed by atoms with Crippen molar-refractivity contribution in [1.82, 2.24) is 19.8 Å². The Morgan fingerprint density at radius 2 is 1.96 bits per heavy atom. The van der Waals surface area contributed by atoms with Crippen LogP contribution in [0.15, 0.2) is 58.0 Å². The highest BCUT2D eigenvalue weighted by Gasteiger charge is 2.23. The first-order chi connectivity index (χ1) is 12.7. The molecule has 2 aromatic carbocycles. The van der Waals surface area contributed by atoms with Crippen LogP contribution in [0.4, 0.5) is 0 Å². The Balaban J connectivity index is 1.90. The summed E-state index contributed by atoms with van der Waals surface area (Å²) in [6, 6.07) is 16.3. The van der Waals surface area contributed by atoms with Gasteiger partial charge in [0, 0.05) is 22.1 Å². The van der Waals surface area contributed by atoms with Gasteiger partial charge >= 0.3 is 0 Å². The maximum Gasteiger partial charge on any atom is 0.159 e. The highest BCUT2D eigenvalue weighted by Crippen LogP contribution is 2.28. The molecule has 0 amide bonds. The van der Waals surface area contributed by atoms with E-state index in [0.29, 0.717) is 25.5 Å². The number of aliphatic imine (C=N–C) groups is 1. The number of aromatic nitrogens is 3. The lowest BCUT2D eigenvalue weighted by molar-refractivity contribution is -0.0967. The zero-order valence-electron chi connectivity index (χ0n) is 14.3. The van der Waals surface area contributed by atoms with E-state index in [1.165, 1.54) is 5.06 Å². The van der Waals surface area contributed by atoms with Crippen LogP contribution in [0.1, 0.15) is 29.7 Å². The van der Waals surface area contributed by atoms with Crippen molar-refractivity contribution < 1.29 is 5.21 Å². The third kappa shape index (κ3) is 3.09. The van der Waals surface area contributed by atoms with Gasteiger partial charge in [0.1, 0.15) is 6.54 Å². The maximum absolute atomic E-state index is 9.95. The number of nitrogens with zero attached hydrogens (tertiary/aromatic N) is 5. The van der Waals surface area contributed by atoms with Crippen molar-refractivity contribution in [2.24, 2.45) is 4.99 Å². The molecule has 0 radical (unpaired) electrons. The maximum atomic E-state index is 9.95. The first-order valence-corrected chi connectivity index (χ1v) is 9.24. The number of fused-ring (bicyclic) bond motifs is 3. The Kier molecular flexibility index (Phi) is 4.67. The molecule has 4 rings (SSSR count). The summed E-state index contributed by atoms with van der Waals surface area (Å²) < 4.78 is 2.96. The molecule has 0 saturated carbocycles. The molecular formula is C19H18BrN5O. The molecule has 3 aromatic rings. The predicted octanol–water partition coefficient (Wildman–Crippen LogP) is 3.59. The summed E-state index contributed by atoms with van der Waals surface area (Å²) in [4.78, 5) is 4.82. The zero-order valence-corrected chi connectivity index (χ0v) is 15.9. The fourth-order valence-corrected chi connectivity index (χ4v) is 3.43. The van der Waals surface area contributed by atoms with Crippen molar-refractivity contribution in [1.29, 1.82) is 0 Å². The monoisotopic (exact) mass is 411 g/mol. The molecule has 132 valence electrons. The summed E-state index contributed by atoms with van der Waals surface area (Å²) in [7, 11) is 0. The minimum atomic E-state index is 0.302. The Morgan fingerprint density at radius 3 is 2.73 bits per heavy atom. The van der Waals surface area contributed by atoms with E-state index in [-0.39, 0.29) is 0 Å². The highest BCUT2D eigenvalue weighted by molar-refractivity contribution is 9.10. The number of benzene rings is 2. The summed E-state index contributed by atoms with van der Waals surface area (Å²) in [5, 5.41) is 19.8. The smallest absolute Gasteiger partial charge is 0.159 e. The molecule has 1 aromatic heterocycles. The molecule has 0 atom stereocenters. The Hall–Kier alpha value is -2.35. The second kappa shape index (κ2) is 7.11. The van der Waals surface area contributed by atoms with E-state index < -0.39 is 0 Å². The van der Waals surface area contributed by atoms with Gasteiger partial charge in [0.25, 0.3) is 0 Å². The van der Waals surface area contributed by atoms with Crippen LogP contribution in [-0.4, -0.2) is 37.3 Å². The number of hydroxylamine groups is 2. The molecule has 0 unspecified atom stereocenters. The molecule has 1 N–H and O–H groups in total. The van der Waals surface area contributed by atoms with Crippen molar-refractivity contribution in [2.75, 3.05) is 6.54 Å². The summed E-state index contributed by atoms with van der Waals surface area (Å²) in [6.45, 7) is 3.14. The number of hydrogen-bond donors (Lipinski definition) is 1. The van der Waals surface area contributed by atoms with Gasteiger partial charge in [0.2, 0.25) is 0 Å². The second-order valence-corrected chi connectivity index (χ2v) is 6.96. The average Bonchev–Trinajstić information content (AvgIpc) is 2.98. The topological polar surface area (TPSA) is 66.5 Å². The quantitative estimate of drug-likeness (QED) is 0.666. The van der Waals surface area contributed by atoms with Crippen molar-refractivity contribution >= 4 is 21.6 Å². The molecule has 0 bridgehead atoms. The Labute approximate surface area is 159 Å². The van der Waals surface area contributed by atoms with Crippen LogP contribution in [0.2, 0.25) is 0 Å². The third-order valence-corrected chi connectivity index (χ3v) is 4.86. The first-order valence-electron chi connectivity index (χ1n) is 8.44. The van der Waals surface area contributed by atoms with Gasteiger partial charge in [-0.1, -0.05) is 53.2 Å². The van der Waals surface area contributed by atoms with Crippen LogP contribution in [0.5, 0.6) is 0 Å². The Morgan fingerprint density at radius 1 is 1.15 bits per heavy atom. The minimum Gasteiger partial charge on any atom is -0.314 e. The number of hydrogen-bond acceptors (Lipinski definition) is 5. The minimum absolute atomic E-state index is 0.302. The lowest BCUT2D eigenvalue weighted by Gasteiger charge is -2.16. The lowest BCUT2D eigenvalue weighted by Crippen LogP contribution is -2.21. The fourth-order valence-electron chi connectivity index (χ4n) is 3.08.